The minimum atomic E-state index is -0.351. The van der Waals surface area contributed by atoms with Crippen molar-refractivity contribution in [2.45, 2.75) is 50.7 Å². The highest BCUT2D eigenvalue weighted by atomic mass is 16.6. The third kappa shape index (κ3) is 3.75. The zero-order chi connectivity index (χ0) is 13.8. The van der Waals surface area contributed by atoms with Gasteiger partial charge in [0.15, 0.2) is 0 Å². The van der Waals surface area contributed by atoms with E-state index >= 15 is 0 Å². The molecule has 19 heavy (non-hydrogen) atoms. The highest BCUT2D eigenvalue weighted by molar-refractivity contribution is 5.35. The Morgan fingerprint density at radius 3 is 2.68 bits per heavy atom. The Hall–Kier alpha value is -1.46. The van der Waals surface area contributed by atoms with Crippen molar-refractivity contribution in [3.05, 3.63) is 39.9 Å². The number of rotatable bonds is 4. The van der Waals surface area contributed by atoms with Gasteiger partial charge in [-0.2, -0.15) is 0 Å². The maximum atomic E-state index is 10.8. The summed E-state index contributed by atoms with van der Waals surface area (Å²) < 4.78 is 0. The normalized spacial score (nSPS) is 24.9. The van der Waals surface area contributed by atoms with Crippen LogP contribution in [0.2, 0.25) is 0 Å². The standard InChI is InChI=1S/C14H21N3O2/c1-10(16-13-7-5-12(15)6-8-13)11-3-2-4-14(9-11)17(18)19/h2-4,9-10,12-13,16H,5-8,15H2,1H3. The van der Waals surface area contributed by atoms with Crippen LogP contribution in [0.1, 0.15) is 44.2 Å². The maximum Gasteiger partial charge on any atom is 0.269 e. The molecule has 0 spiro atoms. The van der Waals surface area contributed by atoms with E-state index in [4.69, 9.17) is 5.73 Å². The molecular weight excluding hydrogens is 242 g/mol. The molecule has 3 N–H and O–H groups in total. The van der Waals surface area contributed by atoms with Crippen LogP contribution in [0.15, 0.2) is 24.3 Å². The van der Waals surface area contributed by atoms with Crippen molar-refractivity contribution in [2.75, 3.05) is 0 Å². The molecular formula is C14H21N3O2. The first-order chi connectivity index (χ1) is 9.06. The first kappa shape index (κ1) is 14.0. The van der Waals surface area contributed by atoms with Gasteiger partial charge in [0, 0.05) is 30.3 Å². The molecule has 1 aromatic rings. The number of hydrogen-bond acceptors (Lipinski definition) is 4. The highest BCUT2D eigenvalue weighted by Gasteiger charge is 2.20. The van der Waals surface area contributed by atoms with E-state index in [1.165, 1.54) is 6.07 Å². The Morgan fingerprint density at radius 1 is 1.37 bits per heavy atom. The number of non-ortho nitro benzene ring substituents is 1. The summed E-state index contributed by atoms with van der Waals surface area (Å²) in [5.41, 5.74) is 7.00. The van der Waals surface area contributed by atoms with Gasteiger partial charge in [0.2, 0.25) is 0 Å². The highest BCUT2D eigenvalue weighted by Crippen LogP contribution is 2.23. The Kier molecular flexibility index (Phi) is 4.50. The fourth-order valence-electron chi connectivity index (χ4n) is 2.64. The van der Waals surface area contributed by atoms with E-state index in [1.54, 1.807) is 12.1 Å². The predicted octanol–water partition coefficient (Wildman–Crippen LogP) is 2.52. The quantitative estimate of drug-likeness (QED) is 0.646. The number of hydrogen-bond donors (Lipinski definition) is 2. The summed E-state index contributed by atoms with van der Waals surface area (Å²) in [6.45, 7) is 2.05. The van der Waals surface area contributed by atoms with Crippen molar-refractivity contribution >= 4 is 5.69 Å². The van der Waals surface area contributed by atoms with E-state index in [9.17, 15) is 10.1 Å². The average Bonchev–Trinajstić information content (AvgIpc) is 2.41. The van der Waals surface area contributed by atoms with E-state index in [1.807, 2.05) is 13.0 Å². The first-order valence-electron chi connectivity index (χ1n) is 6.82. The molecule has 0 heterocycles. The van der Waals surface area contributed by atoms with Gasteiger partial charge in [0.25, 0.3) is 5.69 Å². The Morgan fingerprint density at radius 2 is 2.05 bits per heavy atom. The molecule has 2 rings (SSSR count). The predicted molar refractivity (Wildman–Crippen MR) is 74.9 cm³/mol. The van der Waals surface area contributed by atoms with Gasteiger partial charge in [0.1, 0.15) is 0 Å². The van der Waals surface area contributed by atoms with Gasteiger partial charge in [-0.05, 0) is 38.2 Å². The third-order valence-electron chi connectivity index (χ3n) is 3.84. The number of nitrogens with zero attached hydrogens (tertiary/aromatic N) is 1. The molecule has 1 saturated carbocycles. The fraction of sp³-hybridized carbons (Fsp3) is 0.571. The lowest BCUT2D eigenvalue weighted by Crippen LogP contribution is -2.38. The molecule has 1 aliphatic rings. The SMILES string of the molecule is CC(NC1CCC(N)CC1)c1cccc([N+](=O)[O-])c1. The molecule has 5 nitrogen and oxygen atoms in total. The van der Waals surface area contributed by atoms with Crippen LogP contribution < -0.4 is 11.1 Å². The second-order valence-electron chi connectivity index (χ2n) is 5.35. The topological polar surface area (TPSA) is 81.2 Å². The second-order valence-corrected chi connectivity index (χ2v) is 5.35. The summed E-state index contributed by atoms with van der Waals surface area (Å²) in [6, 6.07) is 7.77. The van der Waals surface area contributed by atoms with E-state index in [0.717, 1.165) is 31.2 Å². The lowest BCUT2D eigenvalue weighted by molar-refractivity contribution is -0.384. The monoisotopic (exact) mass is 263 g/mol. The third-order valence-corrected chi connectivity index (χ3v) is 3.84. The fourth-order valence-corrected chi connectivity index (χ4v) is 2.64. The van der Waals surface area contributed by atoms with Gasteiger partial charge >= 0.3 is 0 Å². The van der Waals surface area contributed by atoms with Crippen LogP contribution in [-0.4, -0.2) is 17.0 Å². The van der Waals surface area contributed by atoms with Crippen LogP contribution in [0, 0.1) is 10.1 Å². The molecule has 5 heteroatoms. The minimum absolute atomic E-state index is 0.124. The largest absolute Gasteiger partial charge is 0.328 e. The van der Waals surface area contributed by atoms with Gasteiger partial charge in [-0.3, -0.25) is 10.1 Å². The summed E-state index contributed by atoms with van der Waals surface area (Å²) in [6.07, 6.45) is 4.28. The van der Waals surface area contributed by atoms with Crippen LogP contribution in [0.5, 0.6) is 0 Å². The zero-order valence-corrected chi connectivity index (χ0v) is 11.2. The van der Waals surface area contributed by atoms with E-state index in [2.05, 4.69) is 5.32 Å². The summed E-state index contributed by atoms with van der Waals surface area (Å²) in [5, 5.41) is 14.3. The Labute approximate surface area is 113 Å². The number of benzene rings is 1. The Balaban J connectivity index is 1.97. The van der Waals surface area contributed by atoms with Crippen molar-refractivity contribution in [2.24, 2.45) is 5.73 Å². The van der Waals surface area contributed by atoms with Crippen LogP contribution in [-0.2, 0) is 0 Å². The first-order valence-corrected chi connectivity index (χ1v) is 6.82. The van der Waals surface area contributed by atoms with Gasteiger partial charge in [0.05, 0.1) is 4.92 Å². The van der Waals surface area contributed by atoms with Crippen molar-refractivity contribution in [1.29, 1.82) is 0 Å². The van der Waals surface area contributed by atoms with E-state index in [0.29, 0.717) is 12.1 Å². The number of nitro groups is 1. The van der Waals surface area contributed by atoms with Crippen molar-refractivity contribution in [3.63, 3.8) is 0 Å². The van der Waals surface area contributed by atoms with Gasteiger partial charge in [-0.25, -0.2) is 0 Å². The van der Waals surface area contributed by atoms with Crippen LogP contribution in [0.3, 0.4) is 0 Å². The molecule has 0 radical (unpaired) electrons. The van der Waals surface area contributed by atoms with Crippen LogP contribution in [0.4, 0.5) is 5.69 Å². The molecule has 0 aliphatic heterocycles. The van der Waals surface area contributed by atoms with Crippen LogP contribution >= 0.6 is 0 Å². The molecule has 1 atom stereocenters. The molecule has 0 amide bonds. The lowest BCUT2D eigenvalue weighted by atomic mass is 9.91. The summed E-state index contributed by atoms with van der Waals surface area (Å²) in [5.74, 6) is 0. The smallest absolute Gasteiger partial charge is 0.269 e. The summed E-state index contributed by atoms with van der Waals surface area (Å²) in [4.78, 5) is 10.4. The molecule has 1 fully saturated rings. The van der Waals surface area contributed by atoms with Crippen molar-refractivity contribution in [3.8, 4) is 0 Å². The average molecular weight is 263 g/mol. The molecule has 0 bridgehead atoms. The van der Waals surface area contributed by atoms with Crippen LogP contribution in [0.25, 0.3) is 0 Å². The maximum absolute atomic E-state index is 10.8. The second kappa shape index (κ2) is 6.12. The van der Waals surface area contributed by atoms with Gasteiger partial charge in [-0.1, -0.05) is 12.1 Å². The number of nitrogens with two attached hydrogens (primary N) is 1. The van der Waals surface area contributed by atoms with E-state index < -0.39 is 0 Å². The summed E-state index contributed by atoms with van der Waals surface area (Å²) >= 11 is 0. The summed E-state index contributed by atoms with van der Waals surface area (Å²) in [7, 11) is 0. The van der Waals surface area contributed by atoms with E-state index in [-0.39, 0.29) is 16.7 Å². The minimum Gasteiger partial charge on any atom is -0.328 e. The molecule has 1 aliphatic carbocycles. The molecule has 0 aromatic heterocycles. The van der Waals surface area contributed by atoms with Crippen molar-refractivity contribution < 1.29 is 4.92 Å². The molecule has 104 valence electrons. The van der Waals surface area contributed by atoms with Crippen molar-refractivity contribution in [1.82, 2.24) is 5.32 Å². The number of nitro benzene ring substituents is 1. The molecule has 0 saturated heterocycles. The molecule has 1 unspecified atom stereocenters. The van der Waals surface area contributed by atoms with Gasteiger partial charge in [-0.15, -0.1) is 0 Å². The van der Waals surface area contributed by atoms with Gasteiger partial charge < -0.3 is 11.1 Å². The lowest BCUT2D eigenvalue weighted by Gasteiger charge is -2.29. The molecule has 1 aromatic carbocycles. The number of nitrogens with one attached hydrogen (secondary N) is 1. The zero-order valence-electron chi connectivity index (χ0n) is 11.2. The Bertz CT molecular complexity index is 442.